The van der Waals surface area contributed by atoms with Gasteiger partial charge in [0.05, 0.1) is 0 Å². The second kappa shape index (κ2) is 965. The summed E-state index contributed by atoms with van der Waals surface area (Å²) < 4.78 is 0. The maximum atomic E-state index is 0. The fourth-order valence-electron chi connectivity index (χ4n) is 0. The molecule has 14 heavy (non-hydrogen) atoms. The molecule has 0 bridgehead atoms. The average Bonchev–Trinajstić information content (AvgIpc) is 0. The van der Waals surface area contributed by atoms with Crippen LogP contribution in [0, 0.1) is 0 Å². The minimum atomic E-state index is 0. The summed E-state index contributed by atoms with van der Waals surface area (Å²) >= 11 is 0. The first-order valence-electron chi connectivity index (χ1n) is 0. The quantitative estimate of drug-likeness (QED) is 0.375. The zero-order valence-corrected chi connectivity index (χ0v) is 7.68. The Hall–Kier alpha value is 1.69. The van der Waals surface area contributed by atoms with Crippen LogP contribution in [0.2, 0.25) is 0 Å². The van der Waals surface area contributed by atoms with E-state index in [-0.39, 0.29) is 134 Å². The molecule has 12 nitrogen and oxygen atoms in total. The van der Waals surface area contributed by atoms with Crippen LogP contribution < -0.4 is 0 Å². The van der Waals surface area contributed by atoms with Crippen LogP contribution in [0.15, 0.2) is 0 Å². The Balaban J connectivity index is 0. The molecule has 0 rings (SSSR count). The van der Waals surface area contributed by atoms with Gasteiger partial charge in [0, 0.05) is 17.4 Å². The Kier molecular flexibility index (Phi) is 81800. The molecule has 0 amide bonds. The topological polar surface area (TPSA) is 378 Å². The predicted octanol–water partition coefficient (Wildman–Crippen LogP) is -10.5. The molecule has 0 unspecified atom stereocenters. The van der Waals surface area contributed by atoms with Gasteiger partial charge in [0.1, 0.15) is 0 Å². The van der Waals surface area contributed by atoms with E-state index in [1.165, 1.54) is 0 Å². The van der Waals surface area contributed by atoms with Crippen LogP contribution in [-0.2, 0) is 17.4 Å². The van der Waals surface area contributed by atoms with Crippen molar-refractivity contribution in [3.8, 4) is 0 Å². The van der Waals surface area contributed by atoms with Gasteiger partial charge in [-0.3, -0.25) is 0 Å². The van der Waals surface area contributed by atoms with Crippen molar-refractivity contribution in [1.29, 1.82) is 0 Å². The van der Waals surface area contributed by atoms with Crippen molar-refractivity contribution in [2.75, 3.05) is 0 Å². The molecule has 104 valence electrons. The van der Waals surface area contributed by atoms with Crippen molar-refractivity contribution >= 4 is 51.4 Å². The molecular formula is H25CrKO12. The molecule has 0 spiro atoms. The molecule has 0 aliphatic heterocycles. The number of rotatable bonds is 0. The van der Waals surface area contributed by atoms with Crippen molar-refractivity contribution in [3.05, 3.63) is 0 Å². The molecule has 24 N–H and O–H groups in total. The molecule has 0 aromatic rings. The van der Waals surface area contributed by atoms with Crippen LogP contribution in [0.1, 0.15) is 0 Å². The third-order valence-electron chi connectivity index (χ3n) is 0. The zero-order chi connectivity index (χ0) is 0. The standard InChI is InChI=1S/Cr.K.12H2O.H/h;;12*1H2;. The van der Waals surface area contributed by atoms with Crippen molar-refractivity contribution in [2.24, 2.45) is 0 Å². The summed E-state index contributed by atoms with van der Waals surface area (Å²) in [5.41, 5.74) is 0. The van der Waals surface area contributed by atoms with E-state index in [0.717, 1.165) is 0 Å². The second-order valence-electron chi connectivity index (χ2n) is 0. The molecule has 0 aliphatic carbocycles. The van der Waals surface area contributed by atoms with E-state index >= 15 is 0 Å². The molecule has 0 aromatic heterocycles. The monoisotopic (exact) mass is 308 g/mol. The molecule has 14 heteroatoms. The molecule has 0 fully saturated rings. The van der Waals surface area contributed by atoms with Gasteiger partial charge in [-0.2, -0.15) is 0 Å². The Bertz CT molecular complexity index is 10.3. The van der Waals surface area contributed by atoms with Gasteiger partial charge in [0.15, 0.2) is 0 Å². The van der Waals surface area contributed by atoms with E-state index in [4.69, 9.17) is 0 Å². The van der Waals surface area contributed by atoms with Gasteiger partial charge >= 0.3 is 51.4 Å². The van der Waals surface area contributed by atoms with Gasteiger partial charge in [0.25, 0.3) is 0 Å². The molecular weight excluding hydrogens is 283 g/mol. The van der Waals surface area contributed by atoms with E-state index in [2.05, 4.69) is 0 Å². The number of hydrogen-bond donors (Lipinski definition) is 0. The van der Waals surface area contributed by atoms with E-state index in [9.17, 15) is 0 Å². The molecule has 0 saturated carbocycles. The summed E-state index contributed by atoms with van der Waals surface area (Å²) in [4.78, 5) is 0. The predicted molar refractivity (Wildman–Crippen MR) is 50.5 cm³/mol. The molecule has 0 aliphatic rings. The third kappa shape index (κ3) is 773. The van der Waals surface area contributed by atoms with Gasteiger partial charge in [-0.15, -0.1) is 0 Å². The van der Waals surface area contributed by atoms with Gasteiger partial charge in [0.2, 0.25) is 0 Å². The maximum absolute atomic E-state index is 0. The van der Waals surface area contributed by atoms with E-state index in [0.29, 0.717) is 0 Å². The minimum absolute atomic E-state index is 0. The van der Waals surface area contributed by atoms with Crippen LogP contribution in [0.5, 0.6) is 0 Å². The second-order valence-corrected chi connectivity index (χ2v) is 0. The van der Waals surface area contributed by atoms with Crippen LogP contribution in [0.4, 0.5) is 0 Å². The summed E-state index contributed by atoms with van der Waals surface area (Å²) in [6.07, 6.45) is 0. The Morgan fingerprint density at radius 3 is 0.214 bits per heavy atom. The van der Waals surface area contributed by atoms with Gasteiger partial charge in [-0.1, -0.05) is 0 Å². The normalized spacial score (nSPS) is 0. The Labute approximate surface area is 133 Å². The van der Waals surface area contributed by atoms with Crippen LogP contribution in [0.3, 0.4) is 0 Å². The Morgan fingerprint density at radius 2 is 0.214 bits per heavy atom. The van der Waals surface area contributed by atoms with Crippen molar-refractivity contribution in [3.63, 3.8) is 0 Å². The first-order valence-corrected chi connectivity index (χ1v) is 0. The fourth-order valence-corrected chi connectivity index (χ4v) is 0. The zero-order valence-electron chi connectivity index (χ0n) is 6.41. The van der Waals surface area contributed by atoms with Crippen LogP contribution in [-0.4, -0.2) is 117 Å². The molecule has 0 aromatic carbocycles. The molecule has 0 heterocycles. The Morgan fingerprint density at radius 1 is 0.214 bits per heavy atom. The van der Waals surface area contributed by atoms with Crippen LogP contribution in [0.25, 0.3) is 0 Å². The first-order chi connectivity index (χ1) is 0. The van der Waals surface area contributed by atoms with Crippen LogP contribution >= 0.6 is 0 Å². The third-order valence-corrected chi connectivity index (χ3v) is 0. The van der Waals surface area contributed by atoms with Gasteiger partial charge in [-0.25, -0.2) is 0 Å². The molecule has 0 saturated heterocycles. The van der Waals surface area contributed by atoms with Gasteiger partial charge < -0.3 is 65.7 Å². The summed E-state index contributed by atoms with van der Waals surface area (Å²) in [6.45, 7) is 0. The van der Waals surface area contributed by atoms with E-state index in [1.54, 1.807) is 0 Å². The fraction of sp³-hybridized carbons (Fsp3) is 0. The SMILES string of the molecule is O.O.O.O.O.O.O.O.O.O.O.O.[Cr].[KH]. The van der Waals surface area contributed by atoms with E-state index < -0.39 is 0 Å². The first kappa shape index (κ1) is 1190. The van der Waals surface area contributed by atoms with Crippen molar-refractivity contribution < 1.29 is 83.1 Å². The van der Waals surface area contributed by atoms with E-state index in [1.807, 2.05) is 0 Å². The summed E-state index contributed by atoms with van der Waals surface area (Å²) in [7, 11) is 0. The van der Waals surface area contributed by atoms with Gasteiger partial charge in [-0.05, 0) is 0 Å². The summed E-state index contributed by atoms with van der Waals surface area (Å²) in [5.74, 6) is 0. The molecule has 0 radical (unpaired) electrons. The average molecular weight is 308 g/mol. The number of hydrogen-bond acceptors (Lipinski definition) is 0. The van der Waals surface area contributed by atoms with Crippen molar-refractivity contribution in [1.82, 2.24) is 0 Å². The summed E-state index contributed by atoms with van der Waals surface area (Å²) in [5, 5.41) is 0. The molecule has 0 atom stereocenters. The van der Waals surface area contributed by atoms with Crippen molar-refractivity contribution in [2.45, 2.75) is 0 Å². The summed E-state index contributed by atoms with van der Waals surface area (Å²) in [6, 6.07) is 0.